The fraction of sp³-hybridized carbons (Fsp3) is 0.400. The topological polar surface area (TPSA) is 20.2 Å². The molecule has 0 unspecified atom stereocenters. The summed E-state index contributed by atoms with van der Waals surface area (Å²) in [7, 11) is 0. The van der Waals surface area contributed by atoms with Crippen LogP contribution in [0.15, 0.2) is 12.1 Å². The van der Waals surface area contributed by atoms with Gasteiger partial charge in [0.05, 0.1) is 11.1 Å². The van der Waals surface area contributed by atoms with Gasteiger partial charge in [-0.05, 0) is 31.9 Å². The summed E-state index contributed by atoms with van der Waals surface area (Å²) in [4.78, 5) is 0. The fourth-order valence-corrected chi connectivity index (χ4v) is 1.33. The van der Waals surface area contributed by atoms with Crippen LogP contribution in [-0.2, 0) is 6.42 Å². The van der Waals surface area contributed by atoms with Gasteiger partial charge in [-0.25, -0.2) is 8.78 Å². The van der Waals surface area contributed by atoms with Crippen molar-refractivity contribution in [2.45, 2.75) is 25.9 Å². The Morgan fingerprint density at radius 3 is 2.64 bits per heavy atom. The van der Waals surface area contributed by atoms with E-state index in [9.17, 15) is 8.78 Å². The predicted octanol–water partition coefficient (Wildman–Crippen LogP) is 2.93. The van der Waals surface area contributed by atoms with Crippen LogP contribution in [0.1, 0.15) is 18.9 Å². The molecule has 78 valence electrons. The summed E-state index contributed by atoms with van der Waals surface area (Å²) in [5.74, 6) is -1.35. The Bertz CT molecular complexity index is 326. The quantitative estimate of drug-likeness (QED) is 0.777. The summed E-state index contributed by atoms with van der Waals surface area (Å²) in [5.41, 5.74) is -0.0570. The van der Waals surface area contributed by atoms with Crippen molar-refractivity contribution in [2.75, 3.05) is 0 Å². The summed E-state index contributed by atoms with van der Waals surface area (Å²) >= 11 is 5.50. The molecular weight excluding hydrogens is 210 g/mol. The van der Waals surface area contributed by atoms with Crippen molar-refractivity contribution in [1.29, 1.82) is 0 Å². The maximum atomic E-state index is 13.3. The first-order valence-electron chi connectivity index (χ1n) is 4.32. The molecule has 0 aliphatic heterocycles. The van der Waals surface area contributed by atoms with Crippen LogP contribution in [0.4, 0.5) is 8.78 Å². The van der Waals surface area contributed by atoms with Crippen LogP contribution in [-0.4, -0.2) is 11.2 Å². The third-order valence-electron chi connectivity index (χ3n) is 1.95. The maximum absolute atomic E-state index is 13.3. The lowest BCUT2D eigenvalue weighted by molar-refractivity contribution is 0.184. The van der Waals surface area contributed by atoms with E-state index in [-0.39, 0.29) is 17.0 Å². The average molecular weight is 221 g/mol. The highest BCUT2D eigenvalue weighted by atomic mass is 35.5. The Labute approximate surface area is 86.3 Å². The zero-order valence-electron chi connectivity index (χ0n) is 7.73. The third kappa shape index (κ3) is 2.66. The zero-order chi connectivity index (χ0) is 10.7. The van der Waals surface area contributed by atoms with Crippen LogP contribution in [0.2, 0.25) is 5.02 Å². The van der Waals surface area contributed by atoms with E-state index in [2.05, 4.69) is 0 Å². The van der Waals surface area contributed by atoms with Gasteiger partial charge in [0.15, 0.2) is 0 Å². The second-order valence-electron chi connectivity index (χ2n) is 3.21. The summed E-state index contributed by atoms with van der Waals surface area (Å²) < 4.78 is 26.4. The van der Waals surface area contributed by atoms with Gasteiger partial charge in [-0.3, -0.25) is 0 Å². The van der Waals surface area contributed by atoms with Gasteiger partial charge in [-0.1, -0.05) is 11.6 Å². The van der Waals surface area contributed by atoms with Crippen LogP contribution < -0.4 is 0 Å². The highest BCUT2D eigenvalue weighted by molar-refractivity contribution is 6.30. The first kappa shape index (κ1) is 11.4. The number of halogens is 3. The van der Waals surface area contributed by atoms with Crippen molar-refractivity contribution in [1.82, 2.24) is 0 Å². The largest absolute Gasteiger partial charge is 0.393 e. The number of hydrogen-bond acceptors (Lipinski definition) is 1. The van der Waals surface area contributed by atoms with Crippen molar-refractivity contribution < 1.29 is 13.9 Å². The number of aliphatic hydroxyl groups excluding tert-OH is 1. The second kappa shape index (κ2) is 4.71. The highest BCUT2D eigenvalue weighted by Gasteiger charge is 2.12. The van der Waals surface area contributed by atoms with Gasteiger partial charge in [0, 0.05) is 5.56 Å². The highest BCUT2D eigenvalue weighted by Crippen LogP contribution is 2.22. The minimum atomic E-state index is -0.729. The Hall–Kier alpha value is -0.670. The van der Waals surface area contributed by atoms with E-state index >= 15 is 0 Å². The minimum Gasteiger partial charge on any atom is -0.393 e. The molecule has 1 nitrogen and oxygen atoms in total. The van der Waals surface area contributed by atoms with Crippen molar-refractivity contribution in [3.8, 4) is 0 Å². The molecule has 0 aromatic heterocycles. The van der Waals surface area contributed by atoms with Crippen LogP contribution in [0.3, 0.4) is 0 Å². The minimum absolute atomic E-state index is 0.0570. The van der Waals surface area contributed by atoms with Gasteiger partial charge in [-0.2, -0.15) is 0 Å². The molecule has 0 fully saturated rings. The van der Waals surface area contributed by atoms with Gasteiger partial charge in [0.1, 0.15) is 11.6 Å². The molecule has 0 spiro atoms. The molecule has 1 aromatic rings. The molecule has 4 heteroatoms. The van der Waals surface area contributed by atoms with Crippen LogP contribution in [0.25, 0.3) is 0 Å². The van der Waals surface area contributed by atoms with E-state index in [1.165, 1.54) is 6.07 Å². The van der Waals surface area contributed by atoms with Gasteiger partial charge >= 0.3 is 0 Å². The summed E-state index contributed by atoms with van der Waals surface area (Å²) in [6.07, 6.45) is -0.114. The van der Waals surface area contributed by atoms with Crippen LogP contribution in [0.5, 0.6) is 0 Å². The van der Waals surface area contributed by atoms with Crippen LogP contribution in [0, 0.1) is 11.6 Å². The van der Waals surface area contributed by atoms with E-state index in [0.29, 0.717) is 6.42 Å². The van der Waals surface area contributed by atoms with E-state index in [1.807, 2.05) is 0 Å². The lowest BCUT2D eigenvalue weighted by Crippen LogP contribution is -2.04. The lowest BCUT2D eigenvalue weighted by Gasteiger charge is -2.07. The molecule has 1 N–H and O–H groups in total. The van der Waals surface area contributed by atoms with Crippen molar-refractivity contribution in [3.05, 3.63) is 34.4 Å². The van der Waals surface area contributed by atoms with Gasteiger partial charge < -0.3 is 5.11 Å². The Kier molecular flexibility index (Phi) is 3.84. The standard InChI is InChI=1S/C10H11ClF2O/c1-6(14)2-3-7-9(12)5-4-8(11)10(7)13/h4-6,14H,2-3H2,1H3/t6-/m0/s1. The molecule has 0 radical (unpaired) electrons. The number of rotatable bonds is 3. The molecule has 1 aromatic carbocycles. The summed E-state index contributed by atoms with van der Waals surface area (Å²) in [6, 6.07) is 2.31. The fourth-order valence-electron chi connectivity index (χ4n) is 1.15. The molecule has 0 saturated carbocycles. The Morgan fingerprint density at radius 2 is 2.07 bits per heavy atom. The lowest BCUT2D eigenvalue weighted by atomic mass is 10.1. The predicted molar refractivity (Wildman–Crippen MR) is 51.4 cm³/mol. The van der Waals surface area contributed by atoms with E-state index in [4.69, 9.17) is 16.7 Å². The number of hydrogen-bond donors (Lipinski definition) is 1. The molecule has 1 atom stereocenters. The van der Waals surface area contributed by atoms with Crippen molar-refractivity contribution in [2.24, 2.45) is 0 Å². The first-order valence-corrected chi connectivity index (χ1v) is 4.70. The number of aliphatic hydroxyl groups is 1. The van der Waals surface area contributed by atoms with E-state index in [0.717, 1.165) is 6.07 Å². The normalized spacial score (nSPS) is 12.9. The average Bonchev–Trinajstić information content (AvgIpc) is 2.11. The molecular formula is C10H11ClF2O. The molecule has 14 heavy (non-hydrogen) atoms. The monoisotopic (exact) mass is 220 g/mol. The molecule has 0 aliphatic carbocycles. The smallest absolute Gasteiger partial charge is 0.147 e. The molecule has 0 bridgehead atoms. The zero-order valence-corrected chi connectivity index (χ0v) is 8.48. The maximum Gasteiger partial charge on any atom is 0.147 e. The van der Waals surface area contributed by atoms with Gasteiger partial charge in [0.2, 0.25) is 0 Å². The van der Waals surface area contributed by atoms with E-state index < -0.39 is 17.7 Å². The Balaban J connectivity index is 2.89. The Morgan fingerprint density at radius 1 is 1.43 bits per heavy atom. The second-order valence-corrected chi connectivity index (χ2v) is 3.62. The van der Waals surface area contributed by atoms with Gasteiger partial charge in [-0.15, -0.1) is 0 Å². The summed E-state index contributed by atoms with van der Waals surface area (Å²) in [5, 5.41) is 8.90. The number of benzene rings is 1. The van der Waals surface area contributed by atoms with Crippen LogP contribution >= 0.6 is 11.6 Å². The van der Waals surface area contributed by atoms with Crippen molar-refractivity contribution >= 4 is 11.6 Å². The first-order chi connectivity index (χ1) is 6.52. The van der Waals surface area contributed by atoms with Gasteiger partial charge in [0.25, 0.3) is 0 Å². The molecule has 0 amide bonds. The summed E-state index contributed by atoms with van der Waals surface area (Å²) in [6.45, 7) is 1.57. The third-order valence-corrected chi connectivity index (χ3v) is 2.24. The van der Waals surface area contributed by atoms with Crippen molar-refractivity contribution in [3.63, 3.8) is 0 Å². The van der Waals surface area contributed by atoms with E-state index in [1.54, 1.807) is 6.92 Å². The molecule has 0 heterocycles. The molecule has 1 rings (SSSR count). The molecule has 0 aliphatic rings. The SMILES string of the molecule is C[C@H](O)CCc1c(F)ccc(Cl)c1F. The molecule has 0 saturated heterocycles.